The van der Waals surface area contributed by atoms with Gasteiger partial charge in [0.25, 0.3) is 0 Å². The van der Waals surface area contributed by atoms with Crippen LogP contribution < -0.4 is 0 Å². The fourth-order valence-corrected chi connectivity index (χ4v) is 2.95. The molecule has 1 aliphatic carbocycles. The highest BCUT2D eigenvalue weighted by atomic mass is 15.4. The minimum atomic E-state index is 0.442. The molecule has 2 rings (SSSR count). The lowest BCUT2D eigenvalue weighted by Crippen LogP contribution is -2.12. The maximum Gasteiger partial charge on any atom is 0.0859 e. The zero-order valence-corrected chi connectivity index (χ0v) is 11.4. The molecule has 0 bridgehead atoms. The van der Waals surface area contributed by atoms with Gasteiger partial charge in [-0.1, -0.05) is 31.4 Å². The van der Waals surface area contributed by atoms with Gasteiger partial charge < -0.3 is 0 Å². The first-order chi connectivity index (χ1) is 8.22. The largest absolute Gasteiger partial charge is 0.247 e. The molecule has 0 aliphatic heterocycles. The second kappa shape index (κ2) is 5.65. The van der Waals surface area contributed by atoms with Crippen molar-refractivity contribution in [2.24, 2.45) is 5.92 Å². The number of aryl methyl sites for hydroxylation is 1. The molecule has 1 aromatic rings. The van der Waals surface area contributed by atoms with Crippen molar-refractivity contribution in [3.63, 3.8) is 0 Å². The Hall–Kier alpha value is -0.860. The predicted molar refractivity (Wildman–Crippen MR) is 70.1 cm³/mol. The Morgan fingerprint density at radius 3 is 2.82 bits per heavy atom. The maximum atomic E-state index is 4.39. The Bertz CT molecular complexity index is 354. The fraction of sp³-hybridized carbons (Fsp3) is 0.857. The van der Waals surface area contributed by atoms with E-state index >= 15 is 0 Å². The van der Waals surface area contributed by atoms with Gasteiger partial charge in [0.05, 0.1) is 11.4 Å². The average molecular weight is 235 g/mol. The van der Waals surface area contributed by atoms with Gasteiger partial charge in [-0.25, -0.2) is 4.68 Å². The highest BCUT2D eigenvalue weighted by Gasteiger charge is 2.19. The molecule has 3 nitrogen and oxygen atoms in total. The summed E-state index contributed by atoms with van der Waals surface area (Å²) in [6.45, 7) is 6.67. The second-order valence-electron chi connectivity index (χ2n) is 5.61. The van der Waals surface area contributed by atoms with E-state index in [1.807, 2.05) is 0 Å². The molecule has 0 radical (unpaired) electrons. The van der Waals surface area contributed by atoms with Crippen LogP contribution in [0.5, 0.6) is 0 Å². The number of rotatable bonds is 3. The summed E-state index contributed by atoms with van der Waals surface area (Å²) in [7, 11) is 0. The summed E-state index contributed by atoms with van der Waals surface area (Å²) in [4.78, 5) is 0. The van der Waals surface area contributed by atoms with Crippen molar-refractivity contribution in [2.75, 3.05) is 0 Å². The van der Waals surface area contributed by atoms with Crippen LogP contribution >= 0.6 is 0 Å². The Labute approximate surface area is 105 Å². The summed E-state index contributed by atoms with van der Waals surface area (Å²) in [5.41, 5.74) is 2.66. The molecule has 0 N–H and O–H groups in total. The van der Waals surface area contributed by atoms with Crippen LogP contribution in [0, 0.1) is 5.92 Å². The molecule has 96 valence electrons. The van der Waals surface area contributed by atoms with Crippen molar-refractivity contribution in [2.45, 2.75) is 71.8 Å². The Balaban J connectivity index is 2.11. The topological polar surface area (TPSA) is 30.7 Å². The molecule has 1 aliphatic rings. The molecule has 0 aromatic carbocycles. The van der Waals surface area contributed by atoms with E-state index in [0.717, 1.165) is 12.3 Å². The Kier molecular flexibility index (Phi) is 4.19. The summed E-state index contributed by atoms with van der Waals surface area (Å²) in [6, 6.07) is 0.442. The Morgan fingerprint density at radius 1 is 1.29 bits per heavy atom. The monoisotopic (exact) mass is 235 g/mol. The molecule has 17 heavy (non-hydrogen) atoms. The van der Waals surface area contributed by atoms with Crippen molar-refractivity contribution < 1.29 is 0 Å². The number of fused-ring (bicyclic) bond motifs is 1. The maximum absolute atomic E-state index is 4.39. The van der Waals surface area contributed by atoms with E-state index in [2.05, 4.69) is 35.8 Å². The molecular formula is C14H25N3. The third-order valence-electron chi connectivity index (χ3n) is 3.87. The van der Waals surface area contributed by atoms with Crippen LogP contribution in [0.3, 0.4) is 0 Å². The van der Waals surface area contributed by atoms with Gasteiger partial charge in [0.2, 0.25) is 0 Å². The van der Waals surface area contributed by atoms with Gasteiger partial charge in [-0.2, -0.15) is 0 Å². The van der Waals surface area contributed by atoms with Crippen molar-refractivity contribution in [3.05, 3.63) is 11.4 Å². The normalized spacial score (nSPS) is 21.1. The second-order valence-corrected chi connectivity index (χ2v) is 5.61. The Morgan fingerprint density at radius 2 is 2.12 bits per heavy atom. The van der Waals surface area contributed by atoms with E-state index in [4.69, 9.17) is 0 Å². The van der Waals surface area contributed by atoms with Crippen molar-refractivity contribution in [1.29, 1.82) is 0 Å². The lowest BCUT2D eigenvalue weighted by atomic mass is 9.88. The molecule has 1 heterocycles. The van der Waals surface area contributed by atoms with E-state index in [0.29, 0.717) is 6.04 Å². The number of nitrogens with zero attached hydrogens (tertiary/aromatic N) is 3. The molecule has 1 unspecified atom stereocenters. The van der Waals surface area contributed by atoms with Gasteiger partial charge in [-0.3, -0.25) is 0 Å². The standard InChI is InChI=1S/C14H25N3/c1-4-6-12-7-5-8-14-13(10-9-12)15-16-17(14)11(2)3/h11-12H,4-10H2,1-3H3. The summed E-state index contributed by atoms with van der Waals surface area (Å²) >= 11 is 0. The van der Waals surface area contributed by atoms with Gasteiger partial charge in [0.1, 0.15) is 0 Å². The minimum absolute atomic E-state index is 0.442. The van der Waals surface area contributed by atoms with Gasteiger partial charge >= 0.3 is 0 Å². The van der Waals surface area contributed by atoms with E-state index in [9.17, 15) is 0 Å². The van der Waals surface area contributed by atoms with Crippen molar-refractivity contribution in [3.8, 4) is 0 Å². The first kappa shape index (κ1) is 12.6. The lowest BCUT2D eigenvalue weighted by Gasteiger charge is -2.19. The predicted octanol–water partition coefficient (Wildman–Crippen LogP) is 3.54. The van der Waals surface area contributed by atoms with Gasteiger partial charge in [-0.05, 0) is 45.4 Å². The summed E-state index contributed by atoms with van der Waals surface area (Å²) < 4.78 is 2.12. The smallest absolute Gasteiger partial charge is 0.0859 e. The van der Waals surface area contributed by atoms with Crippen molar-refractivity contribution in [1.82, 2.24) is 15.0 Å². The van der Waals surface area contributed by atoms with E-state index < -0.39 is 0 Å². The van der Waals surface area contributed by atoms with E-state index in [1.54, 1.807) is 0 Å². The molecule has 3 heteroatoms. The van der Waals surface area contributed by atoms with E-state index in [1.165, 1.54) is 49.9 Å². The van der Waals surface area contributed by atoms with Crippen LogP contribution in [-0.2, 0) is 12.8 Å². The first-order valence-electron chi connectivity index (χ1n) is 7.15. The van der Waals surface area contributed by atoms with Crippen molar-refractivity contribution >= 4 is 0 Å². The van der Waals surface area contributed by atoms with Crippen LogP contribution in [0.25, 0.3) is 0 Å². The SMILES string of the molecule is CCCC1CCCc2c(nnn2C(C)C)CC1. The molecule has 1 atom stereocenters. The van der Waals surface area contributed by atoms with Crippen LogP contribution in [0.4, 0.5) is 0 Å². The fourth-order valence-electron chi connectivity index (χ4n) is 2.95. The zero-order valence-electron chi connectivity index (χ0n) is 11.4. The quantitative estimate of drug-likeness (QED) is 0.802. The van der Waals surface area contributed by atoms with Gasteiger partial charge in [-0.15, -0.1) is 5.10 Å². The third-order valence-corrected chi connectivity index (χ3v) is 3.87. The number of hydrogen-bond acceptors (Lipinski definition) is 2. The molecule has 0 saturated heterocycles. The third kappa shape index (κ3) is 2.88. The summed E-state index contributed by atoms with van der Waals surface area (Å²) in [5.74, 6) is 0.914. The van der Waals surface area contributed by atoms with Crippen LogP contribution in [0.15, 0.2) is 0 Å². The molecule has 0 fully saturated rings. The highest BCUT2D eigenvalue weighted by molar-refractivity contribution is 5.12. The number of aromatic nitrogens is 3. The summed E-state index contributed by atoms with van der Waals surface area (Å²) in [5, 5.41) is 8.71. The molecule has 1 aromatic heterocycles. The van der Waals surface area contributed by atoms with Crippen LogP contribution in [-0.4, -0.2) is 15.0 Å². The average Bonchev–Trinajstić information content (AvgIpc) is 2.65. The molecular weight excluding hydrogens is 210 g/mol. The molecule has 0 spiro atoms. The number of hydrogen-bond donors (Lipinski definition) is 0. The van der Waals surface area contributed by atoms with Gasteiger partial charge in [0, 0.05) is 6.04 Å². The lowest BCUT2D eigenvalue weighted by molar-refractivity contribution is 0.389. The first-order valence-corrected chi connectivity index (χ1v) is 7.15. The summed E-state index contributed by atoms with van der Waals surface area (Å²) in [6.07, 6.45) is 8.99. The van der Waals surface area contributed by atoms with Gasteiger partial charge in [0.15, 0.2) is 0 Å². The van der Waals surface area contributed by atoms with Crippen LogP contribution in [0.2, 0.25) is 0 Å². The van der Waals surface area contributed by atoms with Crippen LogP contribution in [0.1, 0.15) is 70.3 Å². The highest BCUT2D eigenvalue weighted by Crippen LogP contribution is 2.26. The zero-order chi connectivity index (χ0) is 12.3. The van der Waals surface area contributed by atoms with E-state index in [-0.39, 0.29) is 0 Å². The molecule has 0 amide bonds. The minimum Gasteiger partial charge on any atom is -0.247 e. The molecule has 0 saturated carbocycles.